The van der Waals surface area contributed by atoms with Crippen LogP contribution in [0, 0.1) is 0 Å². The zero-order chi connectivity index (χ0) is 34.6. The van der Waals surface area contributed by atoms with Gasteiger partial charge in [-0.2, -0.15) is 23.3 Å². The van der Waals surface area contributed by atoms with Gasteiger partial charge in [-0.1, -0.05) is 24.8 Å². The molecule has 0 spiro atoms. The summed E-state index contributed by atoms with van der Waals surface area (Å²) in [5.41, 5.74) is 2.25. The number of nitrogens with one attached hydrogen (secondary N) is 3. The molecule has 5 rings (SSSR count). The molecule has 2 amide bonds. The van der Waals surface area contributed by atoms with Gasteiger partial charge >= 0.3 is 6.18 Å². The first kappa shape index (κ1) is 33.5. The van der Waals surface area contributed by atoms with Crippen molar-refractivity contribution < 1.29 is 31.2 Å². The van der Waals surface area contributed by atoms with Crippen molar-refractivity contribution in [3.8, 4) is 0 Å². The molecule has 0 fully saturated rings. The van der Waals surface area contributed by atoms with Crippen molar-refractivity contribution in [1.82, 2.24) is 20.3 Å². The van der Waals surface area contributed by atoms with E-state index in [1.807, 2.05) is 0 Å². The Hall–Kier alpha value is -5.84. The quantitative estimate of drug-likeness (QED) is 0.110. The van der Waals surface area contributed by atoms with Crippen LogP contribution in [0.5, 0.6) is 0 Å². The van der Waals surface area contributed by atoms with Crippen LogP contribution in [-0.2, 0) is 45.3 Å². The van der Waals surface area contributed by atoms with E-state index in [0.29, 0.717) is 39.8 Å². The highest BCUT2D eigenvalue weighted by Gasteiger charge is 2.36. The molecule has 0 aliphatic carbocycles. The van der Waals surface area contributed by atoms with Gasteiger partial charge in [0.2, 0.25) is 17.8 Å². The van der Waals surface area contributed by atoms with E-state index in [9.17, 15) is 31.2 Å². The molecule has 48 heavy (non-hydrogen) atoms. The molecule has 1 aliphatic rings. The lowest BCUT2D eigenvalue weighted by Crippen LogP contribution is -2.26. The minimum absolute atomic E-state index is 0.0835. The number of hydrogen-bond donors (Lipinski definition) is 3. The summed E-state index contributed by atoms with van der Waals surface area (Å²) in [5.74, 6) is -1.35. The Morgan fingerprint density at radius 2 is 1.88 bits per heavy atom. The van der Waals surface area contributed by atoms with E-state index in [2.05, 4.69) is 49.3 Å². The third-order valence-electron chi connectivity index (χ3n) is 7.05. The summed E-state index contributed by atoms with van der Waals surface area (Å²) in [6.45, 7) is 6.66. The van der Waals surface area contributed by atoms with Crippen LogP contribution in [0.4, 0.5) is 47.8 Å². The highest BCUT2D eigenvalue weighted by Crippen LogP contribution is 2.38. The normalized spacial score (nSPS) is 12.7. The number of fused-ring (bicyclic) bond motifs is 1. The molecule has 0 saturated carbocycles. The van der Waals surface area contributed by atoms with Crippen LogP contribution in [0.15, 0.2) is 84.7 Å². The number of carbonyl (C=O) groups is 2. The molecule has 0 saturated heterocycles. The van der Waals surface area contributed by atoms with Crippen LogP contribution in [-0.4, -0.2) is 48.2 Å². The average molecular weight is 680 g/mol. The zero-order valence-electron chi connectivity index (χ0n) is 25.3. The lowest BCUT2D eigenvalue weighted by atomic mass is 10.1. The summed E-state index contributed by atoms with van der Waals surface area (Å²) in [4.78, 5) is 37.9. The third-order valence-corrected chi connectivity index (χ3v) is 7.96. The monoisotopic (exact) mass is 679 g/mol. The van der Waals surface area contributed by atoms with E-state index < -0.39 is 27.6 Å². The second kappa shape index (κ2) is 13.5. The molecule has 0 radical (unpaired) electrons. The summed E-state index contributed by atoms with van der Waals surface area (Å²) >= 11 is 0. The van der Waals surface area contributed by atoms with Gasteiger partial charge in [0.15, 0.2) is 5.82 Å². The second-order valence-corrected chi connectivity index (χ2v) is 12.2. The number of amides is 2. The Labute approximate surface area is 273 Å². The number of sulfonamides is 1. The molecular weight excluding hydrogens is 651 g/mol. The number of carbonyl (C=O) groups excluding carboxylic acids is 2. The predicted molar refractivity (Wildman–Crippen MR) is 175 cm³/mol. The lowest BCUT2D eigenvalue weighted by Gasteiger charge is -2.19. The molecule has 3 N–H and O–H groups in total. The molecule has 0 atom stereocenters. The summed E-state index contributed by atoms with van der Waals surface area (Å²) in [5, 5.41) is 11.7. The zero-order valence-corrected chi connectivity index (χ0v) is 26.1. The molecule has 1 aliphatic heterocycles. The molecule has 17 heteroatoms. The van der Waals surface area contributed by atoms with Gasteiger partial charge in [0.1, 0.15) is 11.4 Å². The highest BCUT2D eigenvalue weighted by atomic mass is 32.2. The van der Waals surface area contributed by atoms with Crippen molar-refractivity contribution in [3.05, 3.63) is 102 Å². The van der Waals surface area contributed by atoms with Gasteiger partial charge in [0.25, 0.3) is 10.0 Å². The van der Waals surface area contributed by atoms with Crippen molar-refractivity contribution in [3.63, 3.8) is 0 Å². The number of aromatic nitrogens is 3. The fraction of sp³-hybridized carbons (Fsp3) is 0.161. The number of hydrogen-bond acceptors (Lipinski definition) is 10. The molecular formula is C31H28F3N9O4S. The summed E-state index contributed by atoms with van der Waals surface area (Å²) in [6, 6.07) is 15.1. The van der Waals surface area contributed by atoms with E-state index in [1.54, 1.807) is 47.4 Å². The molecule has 4 aromatic rings. The molecule has 0 bridgehead atoms. The van der Waals surface area contributed by atoms with Gasteiger partial charge in [-0.25, -0.2) is 18.4 Å². The van der Waals surface area contributed by atoms with Crippen LogP contribution in [0.3, 0.4) is 0 Å². The highest BCUT2D eigenvalue weighted by molar-refractivity contribution is 7.92. The molecule has 3 heterocycles. The molecule has 248 valence electrons. The third kappa shape index (κ3) is 7.41. The Kier molecular flexibility index (Phi) is 9.42. The Bertz CT molecular complexity index is 2010. The fourth-order valence-electron chi connectivity index (χ4n) is 4.87. The minimum atomic E-state index is -4.81. The molecule has 2 aromatic heterocycles. The van der Waals surface area contributed by atoms with Gasteiger partial charge in [-0.15, -0.1) is 4.41 Å². The van der Waals surface area contributed by atoms with Gasteiger partial charge in [-0.3, -0.25) is 14.5 Å². The van der Waals surface area contributed by atoms with Crippen molar-refractivity contribution >= 4 is 63.2 Å². The number of rotatable bonds is 12. The summed E-state index contributed by atoms with van der Waals surface area (Å²) in [7, 11) is -3.92. The summed E-state index contributed by atoms with van der Waals surface area (Å²) in [6.07, 6.45) is -0.729. The molecule has 13 nitrogen and oxygen atoms in total. The fourth-order valence-corrected chi connectivity index (χ4v) is 5.56. The Morgan fingerprint density at radius 1 is 1.12 bits per heavy atom. The number of hydrazone groups is 1. The number of halogens is 3. The maximum Gasteiger partial charge on any atom is 0.421 e. The first-order valence-corrected chi connectivity index (χ1v) is 15.9. The van der Waals surface area contributed by atoms with Crippen molar-refractivity contribution in [1.29, 1.82) is 0 Å². The first-order chi connectivity index (χ1) is 22.8. The Balaban J connectivity index is 1.36. The number of nitrogens with zero attached hydrogens (tertiary/aromatic N) is 6. The summed E-state index contributed by atoms with van der Waals surface area (Å²) < 4.78 is 66.6. The average Bonchev–Trinajstić information content (AvgIpc) is 3.37. The van der Waals surface area contributed by atoms with Crippen LogP contribution < -0.4 is 25.3 Å². The number of pyridine rings is 1. The first-order valence-electron chi connectivity index (χ1n) is 14.1. The van der Waals surface area contributed by atoms with Crippen LogP contribution in [0.25, 0.3) is 0 Å². The largest absolute Gasteiger partial charge is 0.421 e. The van der Waals surface area contributed by atoms with E-state index in [-0.39, 0.29) is 42.1 Å². The van der Waals surface area contributed by atoms with Crippen molar-refractivity contribution in [2.45, 2.75) is 25.7 Å². The van der Waals surface area contributed by atoms with Crippen molar-refractivity contribution in [2.24, 2.45) is 5.10 Å². The van der Waals surface area contributed by atoms with Crippen LogP contribution >= 0.6 is 0 Å². The van der Waals surface area contributed by atoms with Crippen molar-refractivity contribution in [2.75, 3.05) is 26.2 Å². The lowest BCUT2D eigenvalue weighted by molar-refractivity contribution is -0.137. The van der Waals surface area contributed by atoms with E-state index in [1.165, 1.54) is 24.4 Å². The van der Waals surface area contributed by atoms with Gasteiger partial charge in [0, 0.05) is 49.1 Å². The standard InChI is InChI=1S/C31H28F3N9O4S/c1-4-26(44)37-16-19-7-10-23(11-8-19)42-25-12-9-22(14-21(25)15-27(42)45)40-30-39-18-24(31(32,33)34)28(41-30)38-17-20-6-5-13-36-29(20)43(35-2)48(3,46)47/h4-14,18H,1-2,15-17H2,3H3,(H,37,44)(H2,38,39,40,41). The van der Waals surface area contributed by atoms with Crippen LogP contribution in [0.1, 0.15) is 22.3 Å². The number of anilines is 6. The maximum absolute atomic E-state index is 13.9. The van der Waals surface area contributed by atoms with E-state index in [0.717, 1.165) is 11.8 Å². The second-order valence-electron chi connectivity index (χ2n) is 10.4. The molecule has 0 unspecified atom stereocenters. The number of alkyl halides is 3. The van der Waals surface area contributed by atoms with Crippen LogP contribution in [0.2, 0.25) is 0 Å². The Morgan fingerprint density at radius 3 is 2.54 bits per heavy atom. The SMILES string of the molecule is C=CC(=O)NCc1ccc(N2C(=O)Cc3cc(Nc4ncc(C(F)(F)F)c(NCc5cccnc5N(N=C)S(C)(=O)=O)n4)ccc32)cc1. The smallest absolute Gasteiger partial charge is 0.365 e. The van der Waals surface area contributed by atoms with Gasteiger partial charge in [-0.05, 0) is 53.6 Å². The van der Waals surface area contributed by atoms with E-state index in [4.69, 9.17) is 0 Å². The predicted octanol–water partition coefficient (Wildman–Crippen LogP) is 4.65. The number of benzene rings is 2. The maximum atomic E-state index is 13.9. The minimum Gasteiger partial charge on any atom is -0.365 e. The van der Waals surface area contributed by atoms with E-state index >= 15 is 0 Å². The topological polar surface area (TPSA) is 162 Å². The molecule has 2 aromatic carbocycles. The van der Waals surface area contributed by atoms with Gasteiger partial charge in [0.05, 0.1) is 18.4 Å². The van der Waals surface area contributed by atoms with Gasteiger partial charge < -0.3 is 16.0 Å².